The van der Waals surface area contributed by atoms with Crippen LogP contribution < -0.4 is 10.0 Å². The Morgan fingerprint density at radius 3 is 2.30 bits per heavy atom. The van der Waals surface area contributed by atoms with Gasteiger partial charge in [-0.05, 0) is 52.1 Å². The third kappa shape index (κ3) is 5.11. The van der Waals surface area contributed by atoms with Crippen molar-refractivity contribution in [3.63, 3.8) is 0 Å². The van der Waals surface area contributed by atoms with Crippen molar-refractivity contribution in [3.05, 3.63) is 24.3 Å². The average molecular weight is 299 g/mol. The summed E-state index contributed by atoms with van der Waals surface area (Å²) in [5.74, 6) is 0. The minimum atomic E-state index is -3.42. The van der Waals surface area contributed by atoms with Crippen molar-refractivity contribution in [2.75, 3.05) is 32.0 Å². The maximum atomic E-state index is 12.1. The lowest BCUT2D eigenvalue weighted by molar-refractivity contribution is 0.278. The highest BCUT2D eigenvalue weighted by atomic mass is 32.2. The molecule has 6 heteroatoms. The summed E-state index contributed by atoms with van der Waals surface area (Å²) in [7, 11) is -1.44. The predicted molar refractivity (Wildman–Crippen MR) is 83.6 cm³/mol. The smallest absolute Gasteiger partial charge is 0.240 e. The van der Waals surface area contributed by atoms with Crippen LogP contribution in [0.3, 0.4) is 0 Å². The second-order valence-corrected chi connectivity index (χ2v) is 6.79. The number of benzene rings is 1. The van der Waals surface area contributed by atoms with Crippen LogP contribution in [-0.4, -0.2) is 46.0 Å². The number of rotatable bonds is 8. The molecular weight excluding hydrogens is 274 g/mol. The number of hydrogen-bond donors (Lipinski definition) is 2. The molecule has 0 unspecified atom stereocenters. The molecule has 0 aliphatic heterocycles. The first-order chi connectivity index (χ1) is 9.36. The molecule has 0 fully saturated rings. The normalized spacial score (nSPS) is 12.1. The van der Waals surface area contributed by atoms with E-state index in [4.69, 9.17) is 0 Å². The van der Waals surface area contributed by atoms with Crippen LogP contribution in [0.2, 0.25) is 0 Å². The largest absolute Gasteiger partial charge is 0.385 e. The third-order valence-electron chi connectivity index (χ3n) is 3.18. The monoisotopic (exact) mass is 299 g/mol. The molecule has 0 radical (unpaired) electrons. The Morgan fingerprint density at radius 2 is 1.80 bits per heavy atom. The summed E-state index contributed by atoms with van der Waals surface area (Å²) < 4.78 is 26.8. The summed E-state index contributed by atoms with van der Waals surface area (Å²) in [6.45, 7) is 8.06. The lowest BCUT2D eigenvalue weighted by Gasteiger charge is -2.20. The second kappa shape index (κ2) is 7.61. The van der Waals surface area contributed by atoms with Crippen molar-refractivity contribution in [2.24, 2.45) is 0 Å². The lowest BCUT2D eigenvalue weighted by Crippen LogP contribution is -2.36. The molecule has 0 aliphatic rings. The van der Waals surface area contributed by atoms with Crippen molar-refractivity contribution >= 4 is 15.7 Å². The number of nitrogens with zero attached hydrogens (tertiary/aromatic N) is 1. The molecule has 1 aromatic carbocycles. The zero-order valence-corrected chi connectivity index (χ0v) is 13.5. The van der Waals surface area contributed by atoms with E-state index in [0.717, 1.165) is 12.2 Å². The average Bonchev–Trinajstić information content (AvgIpc) is 2.39. The van der Waals surface area contributed by atoms with Gasteiger partial charge in [0.2, 0.25) is 10.0 Å². The summed E-state index contributed by atoms with van der Waals surface area (Å²) in [4.78, 5) is 2.39. The molecule has 0 aromatic heterocycles. The molecule has 1 rings (SSSR count). The third-order valence-corrected chi connectivity index (χ3v) is 4.66. The molecule has 0 spiro atoms. The summed E-state index contributed by atoms with van der Waals surface area (Å²) in [5, 5.41) is 3.13. The molecule has 20 heavy (non-hydrogen) atoms. The maximum absolute atomic E-state index is 12.1. The first-order valence-electron chi connectivity index (χ1n) is 6.90. The maximum Gasteiger partial charge on any atom is 0.240 e. The number of likely N-dealkylation sites (N-methyl/N-ethyl adjacent to an activating group) is 1. The van der Waals surface area contributed by atoms with Gasteiger partial charge in [-0.1, -0.05) is 0 Å². The van der Waals surface area contributed by atoms with Crippen molar-refractivity contribution in [1.82, 2.24) is 9.62 Å². The van der Waals surface area contributed by atoms with E-state index in [1.54, 1.807) is 24.3 Å². The van der Waals surface area contributed by atoms with Gasteiger partial charge in [0.15, 0.2) is 0 Å². The van der Waals surface area contributed by atoms with Crippen LogP contribution in [-0.2, 0) is 10.0 Å². The molecule has 1 aromatic rings. The molecule has 0 aliphatic carbocycles. The molecule has 2 N–H and O–H groups in total. The molecule has 0 heterocycles. The van der Waals surface area contributed by atoms with Crippen LogP contribution in [0.5, 0.6) is 0 Å². The molecular formula is C14H25N3O2S. The fourth-order valence-corrected chi connectivity index (χ4v) is 2.68. The number of anilines is 1. The summed E-state index contributed by atoms with van der Waals surface area (Å²) in [6, 6.07) is 7.19. The second-order valence-electron chi connectivity index (χ2n) is 5.03. The van der Waals surface area contributed by atoms with Gasteiger partial charge in [-0.3, -0.25) is 0 Å². The predicted octanol–water partition coefficient (Wildman–Crippen LogP) is 1.74. The van der Waals surface area contributed by atoms with Gasteiger partial charge < -0.3 is 10.2 Å². The highest BCUT2D eigenvalue weighted by Crippen LogP contribution is 2.13. The summed E-state index contributed by atoms with van der Waals surface area (Å²) in [5.41, 5.74) is 0.922. The highest BCUT2D eigenvalue weighted by molar-refractivity contribution is 7.89. The Hall–Kier alpha value is -1.11. The topological polar surface area (TPSA) is 61.4 Å². The SMILES string of the molecule is CCNc1ccc(S(=O)(=O)NCCN(C)C(C)C)cc1. The zero-order chi connectivity index (χ0) is 15.2. The van der Waals surface area contributed by atoms with Gasteiger partial charge in [-0.2, -0.15) is 0 Å². The van der Waals surface area contributed by atoms with E-state index in [2.05, 4.69) is 28.8 Å². The summed E-state index contributed by atoms with van der Waals surface area (Å²) >= 11 is 0. The molecule has 5 nitrogen and oxygen atoms in total. The van der Waals surface area contributed by atoms with E-state index in [1.165, 1.54) is 0 Å². The molecule has 0 amide bonds. The minimum Gasteiger partial charge on any atom is -0.385 e. The van der Waals surface area contributed by atoms with Crippen molar-refractivity contribution in [2.45, 2.75) is 31.7 Å². The van der Waals surface area contributed by atoms with Gasteiger partial charge >= 0.3 is 0 Å². The van der Waals surface area contributed by atoms with Gasteiger partial charge in [0.1, 0.15) is 0 Å². The van der Waals surface area contributed by atoms with Crippen LogP contribution in [0.25, 0.3) is 0 Å². The molecule has 0 saturated heterocycles. The molecule has 0 bridgehead atoms. The molecule has 0 saturated carbocycles. The minimum absolute atomic E-state index is 0.298. The Labute approximate surface area is 122 Å². The number of hydrogen-bond acceptors (Lipinski definition) is 4. The number of sulfonamides is 1. The van der Waals surface area contributed by atoms with Gasteiger partial charge in [-0.15, -0.1) is 0 Å². The van der Waals surface area contributed by atoms with Crippen LogP contribution in [0, 0.1) is 0 Å². The van der Waals surface area contributed by atoms with Crippen molar-refractivity contribution in [3.8, 4) is 0 Å². The fraction of sp³-hybridized carbons (Fsp3) is 0.571. The van der Waals surface area contributed by atoms with Gasteiger partial charge in [0.25, 0.3) is 0 Å². The van der Waals surface area contributed by atoms with Crippen molar-refractivity contribution < 1.29 is 8.42 Å². The Kier molecular flexibility index (Phi) is 6.45. The standard InChI is InChI=1S/C14H25N3O2S/c1-5-15-13-6-8-14(9-7-13)20(18,19)16-10-11-17(4)12(2)3/h6-9,12,15-16H,5,10-11H2,1-4H3. The van der Waals surface area contributed by atoms with E-state index in [9.17, 15) is 8.42 Å². The van der Waals surface area contributed by atoms with E-state index in [1.807, 2.05) is 14.0 Å². The van der Waals surface area contributed by atoms with E-state index in [-0.39, 0.29) is 0 Å². The molecule has 114 valence electrons. The fourth-order valence-electron chi connectivity index (χ4n) is 1.65. The van der Waals surface area contributed by atoms with Crippen LogP contribution >= 0.6 is 0 Å². The van der Waals surface area contributed by atoms with E-state index >= 15 is 0 Å². The summed E-state index contributed by atoms with van der Waals surface area (Å²) in [6.07, 6.45) is 0. The van der Waals surface area contributed by atoms with E-state index in [0.29, 0.717) is 24.0 Å². The van der Waals surface area contributed by atoms with Crippen LogP contribution in [0.4, 0.5) is 5.69 Å². The molecule has 0 atom stereocenters. The van der Waals surface area contributed by atoms with Gasteiger partial charge in [0, 0.05) is 31.4 Å². The van der Waals surface area contributed by atoms with Crippen molar-refractivity contribution in [1.29, 1.82) is 0 Å². The Morgan fingerprint density at radius 1 is 1.20 bits per heavy atom. The van der Waals surface area contributed by atoms with Crippen LogP contribution in [0.15, 0.2) is 29.2 Å². The Balaban J connectivity index is 2.60. The van der Waals surface area contributed by atoms with Crippen LogP contribution in [0.1, 0.15) is 20.8 Å². The zero-order valence-electron chi connectivity index (χ0n) is 12.7. The highest BCUT2D eigenvalue weighted by Gasteiger charge is 2.13. The number of nitrogens with one attached hydrogen (secondary N) is 2. The first kappa shape index (κ1) is 16.9. The van der Waals surface area contributed by atoms with E-state index < -0.39 is 10.0 Å². The lowest BCUT2D eigenvalue weighted by atomic mass is 10.3. The first-order valence-corrected chi connectivity index (χ1v) is 8.39. The van der Waals surface area contributed by atoms with Gasteiger partial charge in [0.05, 0.1) is 4.90 Å². The van der Waals surface area contributed by atoms with Gasteiger partial charge in [-0.25, -0.2) is 13.1 Å². The quantitative estimate of drug-likeness (QED) is 0.767. The Bertz CT molecular complexity index is 498.